The van der Waals surface area contributed by atoms with Gasteiger partial charge in [-0.05, 0) is 42.8 Å². The molecule has 0 spiro atoms. The Labute approximate surface area is 190 Å². The summed E-state index contributed by atoms with van der Waals surface area (Å²) in [6, 6.07) is 9.38. The van der Waals surface area contributed by atoms with Crippen molar-refractivity contribution in [1.82, 2.24) is 9.80 Å². The number of hydrogen-bond acceptors (Lipinski definition) is 4. The summed E-state index contributed by atoms with van der Waals surface area (Å²) in [7, 11) is 1.51. The van der Waals surface area contributed by atoms with Gasteiger partial charge in [-0.25, -0.2) is 0 Å². The van der Waals surface area contributed by atoms with E-state index in [1.165, 1.54) is 24.1 Å². The largest absolute Gasteiger partial charge is 0.493 e. The minimum absolute atomic E-state index is 0.0204. The normalized spacial score (nSPS) is 14.2. The zero-order chi connectivity index (χ0) is 24.0. The van der Waals surface area contributed by atoms with Gasteiger partial charge in [0.25, 0.3) is 11.8 Å². The lowest BCUT2D eigenvalue weighted by Crippen LogP contribution is -2.50. The molecule has 2 aromatic carbocycles. The fourth-order valence-electron chi connectivity index (χ4n) is 3.55. The number of methoxy groups -OCH3 is 1. The molecule has 2 aromatic rings. The fraction of sp³-hybridized carbons (Fsp3) is 0.417. The maximum Gasteiger partial charge on any atom is 0.416 e. The SMILES string of the molecule is CCCCOc1ccc(C(=O)N2CCN(C(=O)c3cccc(C(F)(F)F)c3)CC2)cc1OC. The second-order valence-corrected chi connectivity index (χ2v) is 7.73. The van der Waals surface area contributed by atoms with E-state index in [9.17, 15) is 22.8 Å². The molecule has 1 aliphatic heterocycles. The number of nitrogens with zero attached hydrogens (tertiary/aromatic N) is 2. The van der Waals surface area contributed by atoms with Crippen LogP contribution in [0.2, 0.25) is 0 Å². The van der Waals surface area contributed by atoms with E-state index in [-0.39, 0.29) is 37.6 Å². The van der Waals surface area contributed by atoms with Crippen LogP contribution < -0.4 is 9.47 Å². The highest BCUT2D eigenvalue weighted by atomic mass is 19.4. The summed E-state index contributed by atoms with van der Waals surface area (Å²) in [6.45, 7) is 3.64. The Morgan fingerprint density at radius 3 is 2.06 bits per heavy atom. The van der Waals surface area contributed by atoms with Gasteiger partial charge in [0, 0.05) is 37.3 Å². The van der Waals surface area contributed by atoms with Gasteiger partial charge < -0.3 is 19.3 Å². The van der Waals surface area contributed by atoms with Gasteiger partial charge in [-0.15, -0.1) is 0 Å². The van der Waals surface area contributed by atoms with Crippen molar-refractivity contribution in [3.8, 4) is 11.5 Å². The van der Waals surface area contributed by atoms with E-state index in [0.29, 0.717) is 23.7 Å². The van der Waals surface area contributed by atoms with Crippen LogP contribution in [0.5, 0.6) is 11.5 Å². The van der Waals surface area contributed by atoms with E-state index in [1.54, 1.807) is 23.1 Å². The van der Waals surface area contributed by atoms with Crippen molar-refractivity contribution in [3.05, 3.63) is 59.2 Å². The average Bonchev–Trinajstić information content (AvgIpc) is 2.83. The van der Waals surface area contributed by atoms with Gasteiger partial charge in [0.05, 0.1) is 19.3 Å². The molecule has 33 heavy (non-hydrogen) atoms. The van der Waals surface area contributed by atoms with Crippen LogP contribution in [0.25, 0.3) is 0 Å². The van der Waals surface area contributed by atoms with Gasteiger partial charge in [-0.3, -0.25) is 9.59 Å². The minimum Gasteiger partial charge on any atom is -0.493 e. The van der Waals surface area contributed by atoms with E-state index < -0.39 is 17.6 Å². The average molecular weight is 464 g/mol. The van der Waals surface area contributed by atoms with Gasteiger partial charge in [0.2, 0.25) is 0 Å². The molecule has 0 N–H and O–H groups in total. The van der Waals surface area contributed by atoms with Crippen molar-refractivity contribution in [1.29, 1.82) is 0 Å². The van der Waals surface area contributed by atoms with Gasteiger partial charge >= 0.3 is 6.18 Å². The second kappa shape index (κ2) is 10.6. The number of alkyl halides is 3. The topological polar surface area (TPSA) is 59.1 Å². The van der Waals surface area contributed by atoms with E-state index in [0.717, 1.165) is 25.0 Å². The van der Waals surface area contributed by atoms with Crippen molar-refractivity contribution < 1.29 is 32.2 Å². The lowest BCUT2D eigenvalue weighted by atomic mass is 10.1. The van der Waals surface area contributed by atoms with Gasteiger partial charge in [0.15, 0.2) is 11.5 Å². The number of unbranched alkanes of at least 4 members (excludes halogenated alkanes) is 1. The zero-order valence-electron chi connectivity index (χ0n) is 18.7. The van der Waals surface area contributed by atoms with Crippen molar-refractivity contribution >= 4 is 11.8 Å². The molecule has 0 bridgehead atoms. The predicted octanol–water partition coefficient (Wildman–Crippen LogP) is 4.49. The van der Waals surface area contributed by atoms with Crippen LogP contribution in [0.4, 0.5) is 13.2 Å². The summed E-state index contributed by atoms with van der Waals surface area (Å²) in [5.41, 5.74) is -0.446. The summed E-state index contributed by atoms with van der Waals surface area (Å²) in [6.07, 6.45) is -2.60. The molecule has 0 saturated carbocycles. The number of rotatable bonds is 7. The van der Waals surface area contributed by atoms with E-state index in [4.69, 9.17) is 9.47 Å². The van der Waals surface area contributed by atoms with Crippen molar-refractivity contribution in [2.45, 2.75) is 25.9 Å². The van der Waals surface area contributed by atoms with E-state index in [2.05, 4.69) is 6.92 Å². The first kappa shape index (κ1) is 24.4. The summed E-state index contributed by atoms with van der Waals surface area (Å²) in [5.74, 6) is 0.345. The number of carbonyl (C=O) groups excluding carboxylic acids is 2. The van der Waals surface area contributed by atoms with Crippen LogP contribution in [-0.2, 0) is 6.18 Å². The number of amides is 2. The first-order chi connectivity index (χ1) is 15.7. The third kappa shape index (κ3) is 5.97. The molecule has 3 rings (SSSR count). The van der Waals surface area contributed by atoms with Crippen molar-refractivity contribution in [2.24, 2.45) is 0 Å². The minimum atomic E-state index is -4.51. The molecule has 6 nitrogen and oxygen atoms in total. The van der Waals surface area contributed by atoms with Crippen molar-refractivity contribution in [2.75, 3.05) is 39.9 Å². The number of halogens is 3. The lowest BCUT2D eigenvalue weighted by Gasteiger charge is -2.35. The smallest absolute Gasteiger partial charge is 0.416 e. The first-order valence-electron chi connectivity index (χ1n) is 10.8. The molecule has 0 aromatic heterocycles. The van der Waals surface area contributed by atoms with Crippen LogP contribution in [-0.4, -0.2) is 61.5 Å². The van der Waals surface area contributed by atoms with Crippen molar-refractivity contribution in [3.63, 3.8) is 0 Å². The quantitative estimate of drug-likeness (QED) is 0.567. The van der Waals surface area contributed by atoms with Crippen LogP contribution in [0.3, 0.4) is 0 Å². The Balaban J connectivity index is 1.62. The molecule has 0 unspecified atom stereocenters. The maximum atomic E-state index is 12.9. The number of carbonyl (C=O) groups is 2. The Kier molecular flexibility index (Phi) is 7.84. The molecule has 1 saturated heterocycles. The molecule has 1 fully saturated rings. The molecule has 1 aliphatic rings. The summed E-state index contributed by atoms with van der Waals surface area (Å²) >= 11 is 0. The molecule has 0 aliphatic carbocycles. The second-order valence-electron chi connectivity index (χ2n) is 7.73. The Bertz CT molecular complexity index is 986. The Morgan fingerprint density at radius 2 is 1.52 bits per heavy atom. The number of piperazine rings is 1. The molecular formula is C24H27F3N2O4. The molecule has 0 atom stereocenters. The van der Waals surface area contributed by atoms with Gasteiger partial charge in [-0.2, -0.15) is 13.2 Å². The fourth-order valence-corrected chi connectivity index (χ4v) is 3.55. The Hall–Kier alpha value is -3.23. The third-order valence-electron chi connectivity index (χ3n) is 5.46. The highest BCUT2D eigenvalue weighted by molar-refractivity contribution is 5.96. The predicted molar refractivity (Wildman–Crippen MR) is 117 cm³/mol. The molecular weight excluding hydrogens is 437 g/mol. The molecule has 9 heteroatoms. The highest BCUT2D eigenvalue weighted by Crippen LogP contribution is 2.30. The summed E-state index contributed by atoms with van der Waals surface area (Å²) in [5, 5.41) is 0. The first-order valence-corrected chi connectivity index (χ1v) is 10.8. The monoisotopic (exact) mass is 464 g/mol. The van der Waals surface area contributed by atoms with Crippen LogP contribution in [0.1, 0.15) is 46.0 Å². The van der Waals surface area contributed by atoms with E-state index >= 15 is 0 Å². The molecule has 178 valence electrons. The molecule has 1 heterocycles. The maximum absolute atomic E-state index is 12.9. The summed E-state index contributed by atoms with van der Waals surface area (Å²) in [4.78, 5) is 28.7. The number of hydrogen-bond donors (Lipinski definition) is 0. The molecule has 2 amide bonds. The third-order valence-corrected chi connectivity index (χ3v) is 5.46. The lowest BCUT2D eigenvalue weighted by molar-refractivity contribution is -0.137. The number of benzene rings is 2. The highest BCUT2D eigenvalue weighted by Gasteiger charge is 2.32. The molecule has 0 radical (unpaired) electrons. The van der Waals surface area contributed by atoms with Gasteiger partial charge in [-0.1, -0.05) is 19.4 Å². The van der Waals surface area contributed by atoms with Crippen LogP contribution in [0.15, 0.2) is 42.5 Å². The summed E-state index contributed by atoms with van der Waals surface area (Å²) < 4.78 is 49.9. The van der Waals surface area contributed by atoms with E-state index in [1.807, 2.05) is 0 Å². The van der Waals surface area contributed by atoms with Crippen LogP contribution >= 0.6 is 0 Å². The van der Waals surface area contributed by atoms with Gasteiger partial charge in [0.1, 0.15) is 0 Å². The standard InChI is InChI=1S/C24H27F3N2O4/c1-3-4-14-33-20-9-8-18(16-21(20)32-2)23(31)29-12-10-28(11-13-29)22(30)17-6-5-7-19(15-17)24(25,26)27/h5-9,15-16H,3-4,10-14H2,1-2H3. The number of ether oxygens (including phenoxy) is 2. The van der Waals surface area contributed by atoms with Crippen LogP contribution in [0, 0.1) is 0 Å². The zero-order valence-corrected chi connectivity index (χ0v) is 18.7. The Morgan fingerprint density at radius 1 is 0.909 bits per heavy atom.